The van der Waals surface area contributed by atoms with Gasteiger partial charge in [-0.15, -0.1) is 0 Å². The standard InChI is InChI=1S/C10H11O/c1-11-10-7-6-8-4-2-3-5-9(8)10/h2-5H,6-7H2,1H3. The van der Waals surface area contributed by atoms with Crippen LogP contribution in [0.3, 0.4) is 0 Å². The SMILES string of the molecule is CO[C]1CCc2ccccc21. The summed E-state index contributed by atoms with van der Waals surface area (Å²) in [5, 5.41) is 0. The first-order chi connectivity index (χ1) is 5.42. The summed E-state index contributed by atoms with van der Waals surface area (Å²) in [7, 11) is 1.75. The maximum atomic E-state index is 5.25. The monoisotopic (exact) mass is 147 g/mol. The number of fused-ring (bicyclic) bond motifs is 1. The topological polar surface area (TPSA) is 9.23 Å². The molecule has 1 aliphatic carbocycles. The lowest BCUT2D eigenvalue weighted by Crippen LogP contribution is -1.95. The van der Waals surface area contributed by atoms with Crippen LogP contribution >= 0.6 is 0 Å². The molecule has 1 aliphatic rings. The highest BCUT2D eigenvalue weighted by atomic mass is 16.5. The Kier molecular flexibility index (Phi) is 1.66. The second-order valence-electron chi connectivity index (χ2n) is 2.78. The molecule has 1 aromatic rings. The van der Waals surface area contributed by atoms with Gasteiger partial charge in [0.2, 0.25) is 0 Å². The van der Waals surface area contributed by atoms with E-state index in [1.807, 2.05) is 0 Å². The highest BCUT2D eigenvalue weighted by molar-refractivity contribution is 5.40. The molecule has 0 heterocycles. The van der Waals surface area contributed by atoms with Gasteiger partial charge in [0.1, 0.15) is 6.10 Å². The Balaban J connectivity index is 2.39. The van der Waals surface area contributed by atoms with Gasteiger partial charge in [-0.3, -0.25) is 0 Å². The van der Waals surface area contributed by atoms with E-state index in [-0.39, 0.29) is 0 Å². The van der Waals surface area contributed by atoms with Gasteiger partial charge in [0.05, 0.1) is 0 Å². The normalized spacial score (nSPS) is 16.8. The molecule has 2 rings (SSSR count). The number of hydrogen-bond acceptors (Lipinski definition) is 1. The number of methoxy groups -OCH3 is 1. The van der Waals surface area contributed by atoms with Crippen molar-refractivity contribution >= 4 is 0 Å². The molecule has 1 aromatic carbocycles. The van der Waals surface area contributed by atoms with E-state index in [4.69, 9.17) is 4.74 Å². The Hall–Kier alpha value is -0.820. The van der Waals surface area contributed by atoms with E-state index >= 15 is 0 Å². The van der Waals surface area contributed by atoms with Gasteiger partial charge < -0.3 is 4.74 Å². The third kappa shape index (κ3) is 1.05. The van der Waals surface area contributed by atoms with Crippen molar-refractivity contribution in [1.82, 2.24) is 0 Å². The number of aryl methyl sites for hydroxylation is 1. The average molecular weight is 147 g/mol. The molecule has 1 nitrogen and oxygen atoms in total. The van der Waals surface area contributed by atoms with Crippen molar-refractivity contribution in [1.29, 1.82) is 0 Å². The number of benzene rings is 1. The largest absolute Gasteiger partial charge is 0.370 e. The van der Waals surface area contributed by atoms with Crippen LogP contribution in [0, 0.1) is 6.10 Å². The van der Waals surface area contributed by atoms with Gasteiger partial charge in [-0.2, -0.15) is 0 Å². The Morgan fingerprint density at radius 3 is 2.82 bits per heavy atom. The van der Waals surface area contributed by atoms with E-state index in [9.17, 15) is 0 Å². The molecule has 0 aliphatic heterocycles. The summed E-state index contributed by atoms with van der Waals surface area (Å²) in [6, 6.07) is 8.43. The Bertz CT molecular complexity index is 255. The molecule has 11 heavy (non-hydrogen) atoms. The van der Waals surface area contributed by atoms with Crippen LogP contribution in [0.25, 0.3) is 0 Å². The van der Waals surface area contributed by atoms with Gasteiger partial charge in [0, 0.05) is 7.11 Å². The first-order valence-corrected chi connectivity index (χ1v) is 3.90. The minimum Gasteiger partial charge on any atom is -0.370 e. The van der Waals surface area contributed by atoms with E-state index in [0.717, 1.165) is 18.9 Å². The Labute approximate surface area is 67.0 Å². The fourth-order valence-electron chi connectivity index (χ4n) is 1.61. The summed E-state index contributed by atoms with van der Waals surface area (Å²) in [5.41, 5.74) is 2.72. The van der Waals surface area contributed by atoms with Gasteiger partial charge in [-0.25, -0.2) is 0 Å². The molecule has 0 N–H and O–H groups in total. The molecular weight excluding hydrogens is 136 g/mol. The van der Waals surface area contributed by atoms with Crippen molar-refractivity contribution in [3.63, 3.8) is 0 Å². The minimum absolute atomic E-state index is 1.07. The second-order valence-corrected chi connectivity index (χ2v) is 2.78. The van der Waals surface area contributed by atoms with Crippen LogP contribution in [0.15, 0.2) is 24.3 Å². The zero-order valence-electron chi connectivity index (χ0n) is 6.63. The summed E-state index contributed by atoms with van der Waals surface area (Å²) in [4.78, 5) is 0. The molecule has 1 heteroatoms. The van der Waals surface area contributed by atoms with Gasteiger partial charge in [0.15, 0.2) is 0 Å². The maximum Gasteiger partial charge on any atom is 0.126 e. The second kappa shape index (κ2) is 2.67. The van der Waals surface area contributed by atoms with E-state index in [2.05, 4.69) is 24.3 Å². The average Bonchev–Trinajstić information content (AvgIpc) is 2.47. The van der Waals surface area contributed by atoms with Gasteiger partial charge in [-0.05, 0) is 24.0 Å². The molecule has 0 aromatic heterocycles. The third-order valence-corrected chi connectivity index (χ3v) is 2.19. The molecule has 0 bridgehead atoms. The first-order valence-electron chi connectivity index (χ1n) is 3.90. The third-order valence-electron chi connectivity index (χ3n) is 2.19. The van der Waals surface area contributed by atoms with Crippen LogP contribution in [0.2, 0.25) is 0 Å². The van der Waals surface area contributed by atoms with Crippen molar-refractivity contribution < 1.29 is 4.74 Å². The van der Waals surface area contributed by atoms with Crippen LogP contribution in [0.1, 0.15) is 17.5 Å². The molecule has 1 radical (unpaired) electrons. The van der Waals surface area contributed by atoms with Crippen molar-refractivity contribution in [2.45, 2.75) is 12.8 Å². The quantitative estimate of drug-likeness (QED) is 0.591. The fraction of sp³-hybridized carbons (Fsp3) is 0.300. The Morgan fingerprint density at radius 2 is 2.00 bits per heavy atom. The van der Waals surface area contributed by atoms with E-state index in [1.54, 1.807) is 7.11 Å². The molecule has 0 unspecified atom stereocenters. The molecule has 57 valence electrons. The summed E-state index contributed by atoms with van der Waals surface area (Å²) in [6.07, 6.45) is 3.34. The van der Waals surface area contributed by atoms with Gasteiger partial charge in [-0.1, -0.05) is 24.3 Å². The smallest absolute Gasteiger partial charge is 0.126 e. The predicted molar refractivity (Wildman–Crippen MR) is 44.1 cm³/mol. The van der Waals surface area contributed by atoms with Crippen LogP contribution in [-0.2, 0) is 11.2 Å². The first kappa shape index (κ1) is 6.86. The lowest BCUT2D eigenvalue weighted by Gasteiger charge is -2.05. The summed E-state index contributed by atoms with van der Waals surface area (Å²) >= 11 is 0. The van der Waals surface area contributed by atoms with Gasteiger partial charge >= 0.3 is 0 Å². The molecule has 0 saturated heterocycles. The zero-order valence-corrected chi connectivity index (χ0v) is 6.63. The van der Waals surface area contributed by atoms with Crippen LogP contribution in [0.4, 0.5) is 0 Å². The fourth-order valence-corrected chi connectivity index (χ4v) is 1.61. The minimum atomic E-state index is 1.07. The van der Waals surface area contributed by atoms with E-state index < -0.39 is 0 Å². The number of ether oxygens (including phenoxy) is 1. The highest BCUT2D eigenvalue weighted by Gasteiger charge is 2.21. The zero-order chi connectivity index (χ0) is 7.68. The van der Waals surface area contributed by atoms with Crippen molar-refractivity contribution in [3.8, 4) is 0 Å². The van der Waals surface area contributed by atoms with Crippen molar-refractivity contribution in [2.24, 2.45) is 0 Å². The van der Waals surface area contributed by atoms with Crippen LogP contribution in [-0.4, -0.2) is 7.11 Å². The maximum absolute atomic E-state index is 5.25. The van der Waals surface area contributed by atoms with Crippen molar-refractivity contribution in [2.75, 3.05) is 7.11 Å². The molecular formula is C10H11O. The summed E-state index contributed by atoms with van der Waals surface area (Å²) in [5.74, 6) is 0. The molecule has 0 atom stereocenters. The summed E-state index contributed by atoms with van der Waals surface area (Å²) in [6.45, 7) is 0. The van der Waals surface area contributed by atoms with Crippen LogP contribution < -0.4 is 0 Å². The van der Waals surface area contributed by atoms with Gasteiger partial charge in [0.25, 0.3) is 0 Å². The molecule has 0 spiro atoms. The van der Waals surface area contributed by atoms with Crippen LogP contribution in [0.5, 0.6) is 0 Å². The predicted octanol–water partition coefficient (Wildman–Crippen LogP) is 2.16. The van der Waals surface area contributed by atoms with Crippen molar-refractivity contribution in [3.05, 3.63) is 41.5 Å². The molecule has 0 amide bonds. The number of rotatable bonds is 1. The highest BCUT2D eigenvalue weighted by Crippen LogP contribution is 2.31. The lowest BCUT2D eigenvalue weighted by atomic mass is 10.1. The number of hydrogen-bond donors (Lipinski definition) is 0. The van der Waals surface area contributed by atoms with E-state index in [0.29, 0.717) is 0 Å². The van der Waals surface area contributed by atoms with E-state index in [1.165, 1.54) is 11.1 Å². The summed E-state index contributed by atoms with van der Waals surface area (Å²) < 4.78 is 5.25. The molecule has 0 fully saturated rings. The Morgan fingerprint density at radius 1 is 1.18 bits per heavy atom. The molecule has 0 saturated carbocycles. The lowest BCUT2D eigenvalue weighted by molar-refractivity contribution is 0.224.